The van der Waals surface area contributed by atoms with Gasteiger partial charge in [-0.15, -0.1) is 0 Å². The molecule has 0 spiro atoms. The van der Waals surface area contributed by atoms with E-state index in [0.717, 1.165) is 19.4 Å². The highest BCUT2D eigenvalue weighted by Gasteiger charge is 2.19. The Bertz CT molecular complexity index is 248. The van der Waals surface area contributed by atoms with Crippen molar-refractivity contribution in [2.24, 2.45) is 10.8 Å². The summed E-state index contributed by atoms with van der Waals surface area (Å²) in [6.07, 6.45) is 2.01. The molecule has 0 saturated carbocycles. The Morgan fingerprint density at radius 2 is 1.82 bits per heavy atom. The number of aliphatic hydroxyl groups excluding tert-OH is 1. The molecule has 0 aromatic rings. The molecule has 0 radical (unpaired) electrons. The summed E-state index contributed by atoms with van der Waals surface area (Å²) in [5.74, 6) is 0. The maximum absolute atomic E-state index is 9.84. The van der Waals surface area contributed by atoms with E-state index in [2.05, 4.69) is 46.0 Å². The first kappa shape index (κ1) is 16.4. The van der Waals surface area contributed by atoms with Gasteiger partial charge in [0.2, 0.25) is 0 Å². The fourth-order valence-corrected chi connectivity index (χ4v) is 1.84. The van der Waals surface area contributed by atoms with Gasteiger partial charge in [0.05, 0.1) is 12.2 Å². The third kappa shape index (κ3) is 10.3. The summed E-state index contributed by atoms with van der Waals surface area (Å²) >= 11 is 0. The molecule has 17 heavy (non-hydrogen) atoms. The van der Waals surface area contributed by atoms with E-state index in [9.17, 15) is 5.11 Å². The van der Waals surface area contributed by atoms with Gasteiger partial charge in [-0.2, -0.15) is 5.26 Å². The molecule has 0 saturated heterocycles. The smallest absolute Gasteiger partial charge is 0.0669 e. The average molecular weight is 240 g/mol. The standard InChI is InChI=1S/C14H28N2O/c1-13(2,3)9-12(17)10-16-11-14(4,5)7-6-8-15/h12,16-17H,6-7,9-11H2,1-5H3. The highest BCUT2D eigenvalue weighted by molar-refractivity contribution is 4.79. The number of aliphatic hydroxyl groups is 1. The zero-order valence-electron chi connectivity index (χ0n) is 12.0. The molecule has 0 amide bonds. The van der Waals surface area contributed by atoms with Crippen LogP contribution < -0.4 is 5.32 Å². The Morgan fingerprint density at radius 3 is 2.29 bits per heavy atom. The first-order chi connectivity index (χ1) is 7.66. The molecule has 2 N–H and O–H groups in total. The molecule has 0 aliphatic rings. The van der Waals surface area contributed by atoms with E-state index in [-0.39, 0.29) is 16.9 Å². The molecule has 100 valence electrons. The van der Waals surface area contributed by atoms with Crippen LogP contribution in [0.2, 0.25) is 0 Å². The van der Waals surface area contributed by atoms with Gasteiger partial charge in [-0.1, -0.05) is 34.6 Å². The number of hydrogen-bond donors (Lipinski definition) is 2. The molecule has 0 rings (SSSR count). The first-order valence-electron chi connectivity index (χ1n) is 6.42. The van der Waals surface area contributed by atoms with Crippen molar-refractivity contribution in [3.63, 3.8) is 0 Å². The molecule has 0 aromatic carbocycles. The van der Waals surface area contributed by atoms with Crippen molar-refractivity contribution >= 4 is 0 Å². The van der Waals surface area contributed by atoms with Crippen LogP contribution in [0.15, 0.2) is 0 Å². The summed E-state index contributed by atoms with van der Waals surface area (Å²) < 4.78 is 0. The summed E-state index contributed by atoms with van der Waals surface area (Å²) in [7, 11) is 0. The van der Waals surface area contributed by atoms with Gasteiger partial charge in [-0.25, -0.2) is 0 Å². The fraction of sp³-hybridized carbons (Fsp3) is 0.929. The molecule has 0 heterocycles. The van der Waals surface area contributed by atoms with E-state index in [0.29, 0.717) is 13.0 Å². The fourth-order valence-electron chi connectivity index (χ4n) is 1.84. The zero-order chi connectivity index (χ0) is 13.5. The van der Waals surface area contributed by atoms with Crippen LogP contribution in [0, 0.1) is 22.2 Å². The lowest BCUT2D eigenvalue weighted by molar-refractivity contribution is 0.116. The largest absolute Gasteiger partial charge is 0.392 e. The van der Waals surface area contributed by atoms with Crippen LogP contribution in [-0.4, -0.2) is 24.3 Å². The quantitative estimate of drug-likeness (QED) is 0.719. The van der Waals surface area contributed by atoms with E-state index < -0.39 is 0 Å². The Labute approximate surface area is 106 Å². The second-order valence-corrected chi connectivity index (χ2v) is 6.87. The molecule has 0 aliphatic carbocycles. The van der Waals surface area contributed by atoms with Gasteiger partial charge in [0.15, 0.2) is 0 Å². The van der Waals surface area contributed by atoms with Crippen molar-refractivity contribution < 1.29 is 5.11 Å². The molecule has 3 heteroatoms. The molecule has 0 bridgehead atoms. The summed E-state index contributed by atoms with van der Waals surface area (Å²) in [5, 5.41) is 21.7. The van der Waals surface area contributed by atoms with E-state index in [4.69, 9.17) is 5.26 Å². The van der Waals surface area contributed by atoms with Gasteiger partial charge in [-0.3, -0.25) is 0 Å². The summed E-state index contributed by atoms with van der Waals surface area (Å²) in [5.41, 5.74) is 0.286. The molecule has 0 aliphatic heterocycles. The number of hydrogen-bond acceptors (Lipinski definition) is 3. The van der Waals surface area contributed by atoms with Crippen LogP contribution in [-0.2, 0) is 0 Å². The SMILES string of the molecule is CC(C)(C)CC(O)CNCC(C)(C)CCC#N. The van der Waals surface area contributed by atoms with E-state index in [1.807, 2.05) is 0 Å². The van der Waals surface area contributed by atoms with Crippen LogP contribution in [0.5, 0.6) is 0 Å². The topological polar surface area (TPSA) is 56.0 Å². The molecular weight excluding hydrogens is 212 g/mol. The third-order valence-electron chi connectivity index (χ3n) is 2.75. The van der Waals surface area contributed by atoms with Gasteiger partial charge in [0.25, 0.3) is 0 Å². The minimum absolute atomic E-state index is 0.122. The Hall–Kier alpha value is -0.590. The van der Waals surface area contributed by atoms with Gasteiger partial charge < -0.3 is 10.4 Å². The summed E-state index contributed by atoms with van der Waals surface area (Å²) in [6.45, 7) is 12.2. The normalized spacial score (nSPS) is 14.4. The van der Waals surface area contributed by atoms with E-state index in [1.54, 1.807) is 0 Å². The monoisotopic (exact) mass is 240 g/mol. The van der Waals surface area contributed by atoms with Crippen molar-refractivity contribution in [2.45, 2.75) is 60.0 Å². The van der Waals surface area contributed by atoms with Crippen LogP contribution >= 0.6 is 0 Å². The van der Waals surface area contributed by atoms with E-state index in [1.165, 1.54) is 0 Å². The van der Waals surface area contributed by atoms with Gasteiger partial charge in [0.1, 0.15) is 0 Å². The third-order valence-corrected chi connectivity index (χ3v) is 2.75. The molecular formula is C14H28N2O. The van der Waals surface area contributed by atoms with Crippen molar-refractivity contribution in [3.8, 4) is 6.07 Å². The predicted octanol–water partition coefficient (Wildman–Crippen LogP) is 2.70. The number of nitriles is 1. The second-order valence-electron chi connectivity index (χ2n) is 6.87. The zero-order valence-corrected chi connectivity index (χ0v) is 12.0. The van der Waals surface area contributed by atoms with Crippen LogP contribution in [0.25, 0.3) is 0 Å². The Kier molecular flexibility index (Phi) is 6.74. The molecule has 1 unspecified atom stereocenters. The van der Waals surface area contributed by atoms with Crippen LogP contribution in [0.3, 0.4) is 0 Å². The Morgan fingerprint density at radius 1 is 1.24 bits per heavy atom. The number of nitrogens with zero attached hydrogens (tertiary/aromatic N) is 1. The minimum Gasteiger partial charge on any atom is -0.392 e. The van der Waals surface area contributed by atoms with Gasteiger partial charge in [0, 0.05) is 19.5 Å². The maximum Gasteiger partial charge on any atom is 0.0669 e. The average Bonchev–Trinajstić information content (AvgIpc) is 2.11. The molecule has 0 aromatic heterocycles. The lowest BCUT2D eigenvalue weighted by atomic mass is 9.87. The predicted molar refractivity (Wildman–Crippen MR) is 71.6 cm³/mol. The lowest BCUT2D eigenvalue weighted by Gasteiger charge is -2.26. The molecule has 3 nitrogen and oxygen atoms in total. The van der Waals surface area contributed by atoms with Crippen LogP contribution in [0.4, 0.5) is 0 Å². The second kappa shape index (κ2) is 6.98. The van der Waals surface area contributed by atoms with Crippen molar-refractivity contribution in [2.75, 3.05) is 13.1 Å². The summed E-state index contributed by atoms with van der Waals surface area (Å²) in [4.78, 5) is 0. The van der Waals surface area contributed by atoms with Crippen molar-refractivity contribution in [3.05, 3.63) is 0 Å². The Balaban J connectivity index is 3.79. The highest BCUT2D eigenvalue weighted by atomic mass is 16.3. The van der Waals surface area contributed by atoms with Gasteiger partial charge in [-0.05, 0) is 23.7 Å². The molecule has 0 fully saturated rings. The number of rotatable bonds is 7. The first-order valence-corrected chi connectivity index (χ1v) is 6.42. The van der Waals surface area contributed by atoms with Gasteiger partial charge >= 0.3 is 0 Å². The van der Waals surface area contributed by atoms with Crippen molar-refractivity contribution in [1.29, 1.82) is 5.26 Å². The number of nitrogens with one attached hydrogen (secondary N) is 1. The molecule has 1 atom stereocenters. The van der Waals surface area contributed by atoms with E-state index >= 15 is 0 Å². The maximum atomic E-state index is 9.84. The van der Waals surface area contributed by atoms with Crippen LogP contribution in [0.1, 0.15) is 53.9 Å². The minimum atomic E-state index is -0.290. The summed E-state index contributed by atoms with van der Waals surface area (Å²) in [6, 6.07) is 2.18. The van der Waals surface area contributed by atoms with Crippen molar-refractivity contribution in [1.82, 2.24) is 5.32 Å². The lowest BCUT2D eigenvalue weighted by Crippen LogP contribution is -2.36. The highest BCUT2D eigenvalue weighted by Crippen LogP contribution is 2.22.